The summed E-state index contributed by atoms with van der Waals surface area (Å²) < 4.78 is 1.66. The van der Waals surface area contributed by atoms with Crippen molar-refractivity contribution < 1.29 is 19.5 Å². The van der Waals surface area contributed by atoms with E-state index in [-0.39, 0.29) is 29.4 Å². The lowest BCUT2D eigenvalue weighted by atomic mass is 9.82. The van der Waals surface area contributed by atoms with Crippen LogP contribution in [0.25, 0.3) is 10.2 Å². The normalized spacial score (nSPS) is 22.5. The molecule has 7 nitrogen and oxygen atoms in total. The second kappa shape index (κ2) is 9.47. The van der Waals surface area contributed by atoms with Crippen LogP contribution in [-0.2, 0) is 14.4 Å². The van der Waals surface area contributed by atoms with Gasteiger partial charge in [0.15, 0.2) is 4.34 Å². The number of amides is 2. The molecule has 0 saturated heterocycles. The molecule has 2 aromatic carbocycles. The Labute approximate surface area is 211 Å². The van der Waals surface area contributed by atoms with Gasteiger partial charge in [0.25, 0.3) is 0 Å². The van der Waals surface area contributed by atoms with Crippen LogP contribution in [0.3, 0.4) is 0 Å². The highest BCUT2D eigenvalue weighted by Gasteiger charge is 2.51. The number of carboxylic acid groups (broad SMARTS) is 1. The molecule has 3 aromatic rings. The minimum atomic E-state index is -0.914. The lowest BCUT2D eigenvalue weighted by Crippen LogP contribution is -2.36. The molecule has 4 atom stereocenters. The maximum Gasteiger partial charge on any atom is 0.307 e. The number of allylic oxidation sites excluding steroid dienone is 2. The molecular formula is C26H25N3O4S2. The Morgan fingerprint density at radius 1 is 1.00 bits per heavy atom. The summed E-state index contributed by atoms with van der Waals surface area (Å²) in [6.45, 7) is 3.99. The average molecular weight is 508 g/mol. The molecule has 9 heteroatoms. The molecule has 1 fully saturated rings. The fourth-order valence-electron chi connectivity index (χ4n) is 5.16. The molecule has 1 heterocycles. The van der Waals surface area contributed by atoms with Crippen molar-refractivity contribution in [1.82, 2.24) is 4.98 Å². The van der Waals surface area contributed by atoms with E-state index in [0.29, 0.717) is 5.69 Å². The Kier molecular flexibility index (Phi) is 6.37. The second-order valence-corrected chi connectivity index (χ2v) is 11.5. The van der Waals surface area contributed by atoms with Gasteiger partial charge in [0.05, 0.1) is 27.8 Å². The summed E-state index contributed by atoms with van der Waals surface area (Å²) in [5, 5.41) is 15.5. The number of rotatable bonds is 7. The number of nitrogens with zero attached hydrogens (tertiary/aromatic N) is 1. The summed E-state index contributed by atoms with van der Waals surface area (Å²) in [6.07, 6.45) is 4.62. The number of nitrogens with one attached hydrogen (secondary N) is 2. The number of hydrogen-bond acceptors (Lipinski definition) is 6. The molecule has 2 amide bonds. The molecule has 0 spiro atoms. The third kappa shape index (κ3) is 4.97. The van der Waals surface area contributed by atoms with Gasteiger partial charge >= 0.3 is 5.97 Å². The Hall–Kier alpha value is -3.17. The summed E-state index contributed by atoms with van der Waals surface area (Å²) in [5.74, 6) is -2.34. The molecule has 2 aliphatic carbocycles. The predicted molar refractivity (Wildman–Crippen MR) is 139 cm³/mol. The molecule has 1 aromatic heterocycles. The van der Waals surface area contributed by atoms with Crippen LogP contribution < -0.4 is 10.6 Å². The van der Waals surface area contributed by atoms with Gasteiger partial charge in [0.2, 0.25) is 11.8 Å². The molecule has 0 aliphatic heterocycles. The second-order valence-electron chi connectivity index (χ2n) is 9.20. The van der Waals surface area contributed by atoms with Crippen LogP contribution in [0.2, 0.25) is 0 Å². The van der Waals surface area contributed by atoms with E-state index in [9.17, 15) is 19.5 Å². The van der Waals surface area contributed by atoms with Crippen LogP contribution in [0.5, 0.6) is 0 Å². The first-order valence-electron chi connectivity index (χ1n) is 11.4. The first-order valence-corrected chi connectivity index (χ1v) is 13.2. The Bertz CT molecular complexity index is 1350. The molecule has 2 aliphatic rings. The molecule has 3 N–H and O–H groups in total. The molecule has 35 heavy (non-hydrogen) atoms. The minimum Gasteiger partial charge on any atom is -0.481 e. The zero-order chi connectivity index (χ0) is 24.7. The zero-order valence-electron chi connectivity index (χ0n) is 19.3. The monoisotopic (exact) mass is 507 g/mol. The molecule has 1 saturated carbocycles. The summed E-state index contributed by atoms with van der Waals surface area (Å²) in [5.41, 5.74) is 4.38. The number of aromatic nitrogens is 1. The van der Waals surface area contributed by atoms with E-state index in [2.05, 4.69) is 21.7 Å². The van der Waals surface area contributed by atoms with Crippen molar-refractivity contribution >= 4 is 62.5 Å². The molecule has 0 unspecified atom stereocenters. The number of hydrogen-bond donors (Lipinski definition) is 3. The van der Waals surface area contributed by atoms with E-state index in [0.717, 1.165) is 37.8 Å². The average Bonchev–Trinajstić information content (AvgIpc) is 3.50. The van der Waals surface area contributed by atoms with E-state index >= 15 is 0 Å². The van der Waals surface area contributed by atoms with E-state index in [4.69, 9.17) is 0 Å². The van der Waals surface area contributed by atoms with Crippen LogP contribution in [0.1, 0.15) is 17.5 Å². The molecule has 5 rings (SSSR count). The van der Waals surface area contributed by atoms with E-state index in [1.54, 1.807) is 6.07 Å². The molecule has 0 radical (unpaired) electrons. The van der Waals surface area contributed by atoms with Crippen LogP contribution >= 0.6 is 23.1 Å². The van der Waals surface area contributed by atoms with Crippen LogP contribution in [0, 0.1) is 37.5 Å². The van der Waals surface area contributed by atoms with Gasteiger partial charge in [-0.3, -0.25) is 14.4 Å². The third-order valence-electron chi connectivity index (χ3n) is 6.52. The molecule has 180 valence electrons. The van der Waals surface area contributed by atoms with Gasteiger partial charge < -0.3 is 15.7 Å². The number of fused-ring (bicyclic) bond motifs is 3. The Morgan fingerprint density at radius 3 is 2.43 bits per heavy atom. The largest absolute Gasteiger partial charge is 0.481 e. The van der Waals surface area contributed by atoms with Crippen molar-refractivity contribution in [3.05, 3.63) is 59.7 Å². The van der Waals surface area contributed by atoms with Crippen molar-refractivity contribution in [3.63, 3.8) is 0 Å². The van der Waals surface area contributed by atoms with Gasteiger partial charge in [-0.1, -0.05) is 30.0 Å². The predicted octanol–water partition coefficient (Wildman–Crippen LogP) is 5.11. The number of carboxylic acids is 1. The number of aryl methyl sites for hydroxylation is 2. The van der Waals surface area contributed by atoms with Gasteiger partial charge in [-0.25, -0.2) is 4.98 Å². The van der Waals surface area contributed by atoms with Gasteiger partial charge in [-0.15, -0.1) is 11.3 Å². The van der Waals surface area contributed by atoms with Crippen LogP contribution in [-0.4, -0.2) is 33.6 Å². The first kappa shape index (κ1) is 23.6. The molecular weight excluding hydrogens is 482 g/mol. The fraction of sp³-hybridized carbons (Fsp3) is 0.308. The Morgan fingerprint density at radius 2 is 1.71 bits per heavy atom. The van der Waals surface area contributed by atoms with E-state index < -0.39 is 17.8 Å². The highest BCUT2D eigenvalue weighted by atomic mass is 32.2. The number of anilines is 2. The highest BCUT2D eigenvalue weighted by Crippen LogP contribution is 2.48. The SMILES string of the molecule is Cc1cc(C)cc(NC(=O)CSc2nc3ccc(NC(=O)[C@H]4[C@@H](C(=O)O)[C@H]5C=C[C@H]4C5)cc3s2)c1. The number of carbonyl (C=O) groups is 3. The molecule has 2 bridgehead atoms. The van der Waals surface area contributed by atoms with Gasteiger partial charge in [-0.05, 0) is 73.6 Å². The maximum absolute atomic E-state index is 13.0. The van der Waals surface area contributed by atoms with E-state index in [1.165, 1.54) is 23.1 Å². The van der Waals surface area contributed by atoms with Gasteiger partial charge in [0.1, 0.15) is 0 Å². The summed E-state index contributed by atoms with van der Waals surface area (Å²) in [7, 11) is 0. The number of benzene rings is 2. The maximum atomic E-state index is 13.0. The minimum absolute atomic E-state index is 0.0221. The number of thioether (sulfide) groups is 1. The summed E-state index contributed by atoms with van der Waals surface area (Å²) in [6, 6.07) is 11.4. The Balaban J connectivity index is 1.22. The van der Waals surface area contributed by atoms with Crippen molar-refractivity contribution in [1.29, 1.82) is 0 Å². The van der Waals surface area contributed by atoms with Crippen LogP contribution in [0.15, 0.2) is 52.9 Å². The quantitative estimate of drug-likeness (QED) is 0.303. The first-order chi connectivity index (χ1) is 16.8. The third-order valence-corrected chi connectivity index (χ3v) is 8.68. The number of aliphatic carboxylic acids is 1. The lowest BCUT2D eigenvalue weighted by Gasteiger charge is -2.23. The van der Waals surface area contributed by atoms with Crippen molar-refractivity contribution in [2.75, 3.05) is 16.4 Å². The van der Waals surface area contributed by atoms with Gasteiger partial charge in [0, 0.05) is 11.4 Å². The van der Waals surface area contributed by atoms with Crippen LogP contribution in [0.4, 0.5) is 11.4 Å². The zero-order valence-corrected chi connectivity index (χ0v) is 20.9. The topological polar surface area (TPSA) is 108 Å². The number of thiazole rings is 1. The smallest absolute Gasteiger partial charge is 0.307 e. The fourth-order valence-corrected chi connectivity index (χ4v) is 7.06. The number of carbonyl (C=O) groups excluding carboxylic acids is 2. The summed E-state index contributed by atoms with van der Waals surface area (Å²) in [4.78, 5) is 41.7. The standard InChI is InChI=1S/C26H25N3O4S2/c1-13-7-14(2)9-18(8-13)27-21(30)12-34-26-29-19-6-5-17(11-20(19)35-26)28-24(31)22-15-3-4-16(10-15)23(22)25(32)33/h3-9,11,15-16,22-23H,10,12H2,1-2H3,(H,27,30)(H,28,31)(H,32,33)/t15-,16-,22+,23-/m0/s1. The van der Waals surface area contributed by atoms with Crippen molar-refractivity contribution in [3.8, 4) is 0 Å². The van der Waals surface area contributed by atoms with Crippen molar-refractivity contribution in [2.45, 2.75) is 24.6 Å². The van der Waals surface area contributed by atoms with E-state index in [1.807, 2.05) is 50.3 Å². The summed E-state index contributed by atoms with van der Waals surface area (Å²) >= 11 is 2.83. The highest BCUT2D eigenvalue weighted by molar-refractivity contribution is 8.01. The van der Waals surface area contributed by atoms with Gasteiger partial charge in [-0.2, -0.15) is 0 Å². The lowest BCUT2D eigenvalue weighted by molar-refractivity contribution is -0.146. The van der Waals surface area contributed by atoms with Crippen molar-refractivity contribution in [2.24, 2.45) is 23.7 Å².